The van der Waals surface area contributed by atoms with Gasteiger partial charge in [-0.3, -0.25) is 0 Å². The second kappa shape index (κ2) is 7.75. The molecule has 3 rings (SSSR count). The van der Waals surface area contributed by atoms with Gasteiger partial charge in [0.25, 0.3) is 0 Å². The van der Waals surface area contributed by atoms with Crippen molar-refractivity contribution < 1.29 is 9.84 Å². The number of phenolic OH excluding ortho intramolecular Hbond substituents is 1. The van der Waals surface area contributed by atoms with E-state index in [0.717, 1.165) is 0 Å². The zero-order chi connectivity index (χ0) is 19.6. The number of halogens is 2. The van der Waals surface area contributed by atoms with Crippen LogP contribution in [-0.2, 0) is 0 Å². The highest BCUT2D eigenvalue weighted by Crippen LogP contribution is 2.37. The SMILES string of the molecule is CCOc1cc(-c2cc(-c3ccc(Cl)c(Cl)c3)nc(N)c2C#N)ccc1O. The van der Waals surface area contributed by atoms with Gasteiger partial charge in [0.05, 0.1) is 22.3 Å². The first-order chi connectivity index (χ1) is 12.9. The fraction of sp³-hybridized carbons (Fsp3) is 0.100. The molecule has 27 heavy (non-hydrogen) atoms. The Morgan fingerprint density at radius 3 is 2.52 bits per heavy atom. The lowest BCUT2D eigenvalue weighted by atomic mass is 9.98. The fourth-order valence-corrected chi connectivity index (χ4v) is 2.96. The molecule has 0 spiro atoms. The molecule has 0 saturated heterocycles. The smallest absolute Gasteiger partial charge is 0.161 e. The number of hydrogen-bond donors (Lipinski definition) is 2. The Balaban J connectivity index is 2.20. The minimum Gasteiger partial charge on any atom is -0.504 e. The number of aromatic nitrogens is 1. The van der Waals surface area contributed by atoms with Gasteiger partial charge < -0.3 is 15.6 Å². The number of nitriles is 1. The van der Waals surface area contributed by atoms with Gasteiger partial charge in [0.1, 0.15) is 17.5 Å². The van der Waals surface area contributed by atoms with Crippen LogP contribution < -0.4 is 10.5 Å². The number of pyridine rings is 1. The summed E-state index contributed by atoms with van der Waals surface area (Å²) in [6, 6.07) is 13.8. The topological polar surface area (TPSA) is 92.2 Å². The highest BCUT2D eigenvalue weighted by atomic mass is 35.5. The molecule has 0 amide bonds. The van der Waals surface area contributed by atoms with Crippen molar-refractivity contribution in [3.05, 3.63) is 58.1 Å². The fourth-order valence-electron chi connectivity index (χ4n) is 2.67. The summed E-state index contributed by atoms with van der Waals surface area (Å²) in [7, 11) is 0. The number of hydrogen-bond acceptors (Lipinski definition) is 5. The summed E-state index contributed by atoms with van der Waals surface area (Å²) in [5, 5.41) is 20.3. The van der Waals surface area contributed by atoms with E-state index in [1.807, 2.05) is 6.92 Å². The molecule has 136 valence electrons. The number of rotatable bonds is 4. The molecule has 0 fully saturated rings. The largest absolute Gasteiger partial charge is 0.504 e. The molecule has 0 aliphatic heterocycles. The molecule has 0 atom stereocenters. The van der Waals surface area contributed by atoms with Crippen LogP contribution >= 0.6 is 23.2 Å². The summed E-state index contributed by atoms with van der Waals surface area (Å²) in [5.74, 6) is 0.443. The van der Waals surface area contributed by atoms with Crippen molar-refractivity contribution >= 4 is 29.0 Å². The standard InChI is InChI=1S/C20H15Cl2N3O2/c1-2-27-19-8-11(4-6-18(19)26)13-9-17(25-20(24)14(13)10-23)12-3-5-15(21)16(22)7-12/h3-9,26H,2H2,1H3,(H2,24,25). The van der Waals surface area contributed by atoms with Gasteiger partial charge in [-0.05, 0) is 42.8 Å². The van der Waals surface area contributed by atoms with Crippen molar-refractivity contribution in [1.82, 2.24) is 4.98 Å². The van der Waals surface area contributed by atoms with Gasteiger partial charge in [-0.1, -0.05) is 35.3 Å². The normalized spacial score (nSPS) is 10.4. The van der Waals surface area contributed by atoms with E-state index >= 15 is 0 Å². The summed E-state index contributed by atoms with van der Waals surface area (Å²) >= 11 is 12.1. The Morgan fingerprint density at radius 2 is 1.85 bits per heavy atom. The maximum atomic E-state index is 9.93. The molecular weight excluding hydrogens is 385 g/mol. The summed E-state index contributed by atoms with van der Waals surface area (Å²) < 4.78 is 5.43. The molecule has 1 aromatic heterocycles. The van der Waals surface area contributed by atoms with E-state index < -0.39 is 0 Å². The Labute approximate surface area is 166 Å². The minimum absolute atomic E-state index is 0.0193. The first-order valence-electron chi connectivity index (χ1n) is 8.06. The van der Waals surface area contributed by atoms with Crippen LogP contribution in [0.25, 0.3) is 22.4 Å². The van der Waals surface area contributed by atoms with Gasteiger partial charge in [0.2, 0.25) is 0 Å². The number of benzene rings is 2. The Kier molecular flexibility index (Phi) is 5.41. The molecule has 3 N–H and O–H groups in total. The highest BCUT2D eigenvalue weighted by molar-refractivity contribution is 6.42. The molecule has 0 unspecified atom stereocenters. The number of phenols is 1. The molecule has 3 aromatic rings. The average molecular weight is 400 g/mol. The molecular formula is C20H15Cl2N3O2. The maximum Gasteiger partial charge on any atom is 0.161 e. The lowest BCUT2D eigenvalue weighted by Crippen LogP contribution is -2.00. The van der Waals surface area contributed by atoms with Crippen LogP contribution in [0.2, 0.25) is 10.0 Å². The van der Waals surface area contributed by atoms with E-state index in [1.165, 1.54) is 6.07 Å². The lowest BCUT2D eigenvalue weighted by molar-refractivity contribution is 0.318. The molecule has 0 aliphatic carbocycles. The monoisotopic (exact) mass is 399 g/mol. The van der Waals surface area contributed by atoms with E-state index in [4.69, 9.17) is 33.7 Å². The van der Waals surface area contributed by atoms with Crippen LogP contribution in [0.4, 0.5) is 5.82 Å². The van der Waals surface area contributed by atoms with E-state index in [9.17, 15) is 10.4 Å². The first-order valence-corrected chi connectivity index (χ1v) is 8.82. The van der Waals surface area contributed by atoms with Crippen molar-refractivity contribution in [1.29, 1.82) is 5.26 Å². The lowest BCUT2D eigenvalue weighted by Gasteiger charge is -2.13. The van der Waals surface area contributed by atoms with Gasteiger partial charge in [-0.15, -0.1) is 0 Å². The molecule has 0 radical (unpaired) electrons. The molecule has 2 aromatic carbocycles. The molecule has 0 aliphatic rings. The highest BCUT2D eigenvalue weighted by Gasteiger charge is 2.15. The van der Waals surface area contributed by atoms with Gasteiger partial charge in [0, 0.05) is 11.1 Å². The van der Waals surface area contributed by atoms with Crippen molar-refractivity contribution in [2.24, 2.45) is 0 Å². The number of ether oxygens (including phenoxy) is 1. The van der Waals surface area contributed by atoms with Crippen molar-refractivity contribution in [3.63, 3.8) is 0 Å². The van der Waals surface area contributed by atoms with Gasteiger partial charge >= 0.3 is 0 Å². The summed E-state index contributed by atoms with van der Waals surface area (Å²) in [5.41, 5.74) is 8.78. The third-order valence-electron chi connectivity index (χ3n) is 3.95. The third-order valence-corrected chi connectivity index (χ3v) is 4.68. The minimum atomic E-state index is 0.0193. The number of nitrogen functional groups attached to an aromatic ring is 1. The van der Waals surface area contributed by atoms with Crippen molar-refractivity contribution in [2.75, 3.05) is 12.3 Å². The van der Waals surface area contributed by atoms with Crippen LogP contribution in [0.5, 0.6) is 11.5 Å². The Bertz CT molecular complexity index is 1060. The second-order valence-electron chi connectivity index (χ2n) is 5.67. The molecule has 5 nitrogen and oxygen atoms in total. The summed E-state index contributed by atoms with van der Waals surface area (Å²) in [4.78, 5) is 4.32. The van der Waals surface area contributed by atoms with Gasteiger partial charge in [0.15, 0.2) is 11.5 Å². The van der Waals surface area contributed by atoms with Crippen molar-refractivity contribution in [3.8, 4) is 40.0 Å². The zero-order valence-electron chi connectivity index (χ0n) is 14.3. The van der Waals surface area contributed by atoms with Crippen LogP contribution in [0, 0.1) is 11.3 Å². The number of nitrogens with two attached hydrogens (primary N) is 1. The van der Waals surface area contributed by atoms with E-state index in [2.05, 4.69) is 11.1 Å². The molecule has 0 saturated carbocycles. The molecule has 7 heteroatoms. The molecule has 1 heterocycles. The average Bonchev–Trinajstić information content (AvgIpc) is 2.65. The zero-order valence-corrected chi connectivity index (χ0v) is 15.8. The summed E-state index contributed by atoms with van der Waals surface area (Å²) in [6.45, 7) is 2.22. The third kappa shape index (κ3) is 3.77. The van der Waals surface area contributed by atoms with E-state index in [-0.39, 0.29) is 17.1 Å². The van der Waals surface area contributed by atoms with Gasteiger partial charge in [-0.25, -0.2) is 4.98 Å². The number of anilines is 1. The first kappa shape index (κ1) is 18.8. The number of aromatic hydroxyl groups is 1. The van der Waals surface area contributed by atoms with Crippen LogP contribution in [0.3, 0.4) is 0 Å². The van der Waals surface area contributed by atoms with Crippen LogP contribution in [0.1, 0.15) is 12.5 Å². The van der Waals surface area contributed by atoms with Crippen LogP contribution in [0.15, 0.2) is 42.5 Å². The Morgan fingerprint density at radius 1 is 1.11 bits per heavy atom. The van der Waals surface area contributed by atoms with Crippen LogP contribution in [-0.4, -0.2) is 16.7 Å². The van der Waals surface area contributed by atoms with Gasteiger partial charge in [-0.2, -0.15) is 5.26 Å². The van der Waals surface area contributed by atoms with Crippen molar-refractivity contribution in [2.45, 2.75) is 6.92 Å². The Hall–Kier alpha value is -2.94. The molecule has 0 bridgehead atoms. The quantitative estimate of drug-likeness (QED) is 0.622. The predicted octanol–water partition coefficient (Wildman–Crippen LogP) is 5.28. The summed E-state index contributed by atoms with van der Waals surface area (Å²) in [6.07, 6.45) is 0. The van der Waals surface area contributed by atoms with E-state index in [1.54, 1.807) is 36.4 Å². The maximum absolute atomic E-state index is 9.93. The van der Waals surface area contributed by atoms with E-state index in [0.29, 0.717) is 44.8 Å². The second-order valence-corrected chi connectivity index (χ2v) is 6.49. The predicted molar refractivity (Wildman–Crippen MR) is 107 cm³/mol. The number of nitrogens with zero attached hydrogens (tertiary/aromatic N) is 2.